The molecule has 2 aliphatic rings. The van der Waals surface area contributed by atoms with Crippen LogP contribution in [-0.2, 0) is 11.3 Å². The number of aliphatic hydroxyl groups is 1. The summed E-state index contributed by atoms with van der Waals surface area (Å²) in [7, 11) is 0. The molecule has 35 heavy (non-hydrogen) atoms. The van der Waals surface area contributed by atoms with Crippen LogP contribution in [0.25, 0.3) is 0 Å². The van der Waals surface area contributed by atoms with Gasteiger partial charge in [0, 0.05) is 17.5 Å². The summed E-state index contributed by atoms with van der Waals surface area (Å²) in [4.78, 5) is 25.8. The number of carbonyl (C=O) groups is 2. The van der Waals surface area contributed by atoms with E-state index >= 15 is 0 Å². The van der Waals surface area contributed by atoms with E-state index in [4.69, 9.17) is 9.68 Å². The molecule has 4 rings (SSSR count). The molecule has 7 nitrogen and oxygen atoms in total. The summed E-state index contributed by atoms with van der Waals surface area (Å²) in [6.07, 6.45) is 4.49. The van der Waals surface area contributed by atoms with Gasteiger partial charge in [0.1, 0.15) is 5.76 Å². The highest BCUT2D eigenvalue weighted by Crippen LogP contribution is 2.55. The van der Waals surface area contributed by atoms with Crippen molar-refractivity contribution in [2.75, 3.05) is 0 Å². The number of nitrogens with one attached hydrogen (secondary N) is 2. The third-order valence-corrected chi connectivity index (χ3v) is 8.55. The van der Waals surface area contributed by atoms with Gasteiger partial charge in [0.25, 0.3) is 5.91 Å². The molecule has 2 fully saturated rings. The van der Waals surface area contributed by atoms with Crippen LogP contribution in [-0.4, -0.2) is 29.1 Å². The summed E-state index contributed by atoms with van der Waals surface area (Å²) >= 11 is 0. The Balaban J connectivity index is 1.42. The molecule has 0 unspecified atom stereocenters. The lowest BCUT2D eigenvalue weighted by molar-refractivity contribution is -0.142. The Morgan fingerprint density at radius 3 is 2.60 bits per heavy atom. The molecule has 0 radical (unpaired) electrons. The van der Waals surface area contributed by atoms with E-state index in [2.05, 4.69) is 30.6 Å². The van der Waals surface area contributed by atoms with Crippen LogP contribution in [0.1, 0.15) is 68.1 Å². The van der Waals surface area contributed by atoms with Crippen molar-refractivity contribution in [3.05, 3.63) is 59.5 Å². The third kappa shape index (κ3) is 5.13. The monoisotopic (exact) mass is 477 g/mol. The van der Waals surface area contributed by atoms with E-state index in [1.807, 2.05) is 13.0 Å². The molecule has 2 amide bonds. The Labute approximate surface area is 206 Å². The maximum Gasteiger partial charge on any atom is 0.251 e. The molecule has 1 heterocycles. The minimum absolute atomic E-state index is 0.0124. The number of hydrogen-bond donors (Lipinski definition) is 3. The normalized spacial score (nSPS) is 31.0. The molecule has 0 saturated heterocycles. The number of rotatable bonds is 6. The van der Waals surface area contributed by atoms with Crippen LogP contribution in [0.4, 0.5) is 0 Å². The summed E-state index contributed by atoms with van der Waals surface area (Å²) in [6, 6.07) is 12.2. The van der Waals surface area contributed by atoms with Crippen LogP contribution >= 0.6 is 0 Å². The number of benzene rings is 1. The number of furan rings is 1. The summed E-state index contributed by atoms with van der Waals surface area (Å²) < 4.78 is 5.30. The van der Waals surface area contributed by atoms with Gasteiger partial charge in [-0.2, -0.15) is 5.26 Å². The summed E-state index contributed by atoms with van der Waals surface area (Å²) in [5.74, 6) is 0.0361. The highest BCUT2D eigenvalue weighted by Gasteiger charge is 2.53. The molecule has 186 valence electrons. The zero-order chi connectivity index (χ0) is 25.2. The quantitative estimate of drug-likeness (QED) is 0.581. The van der Waals surface area contributed by atoms with Gasteiger partial charge in [-0.15, -0.1) is 0 Å². The number of nitrogens with zero attached hydrogens (tertiary/aromatic N) is 1. The van der Waals surface area contributed by atoms with Crippen LogP contribution < -0.4 is 10.6 Å². The van der Waals surface area contributed by atoms with Gasteiger partial charge in [0.15, 0.2) is 0 Å². The molecule has 7 atom stereocenters. The van der Waals surface area contributed by atoms with E-state index in [-0.39, 0.29) is 46.9 Å². The molecule has 3 N–H and O–H groups in total. The highest BCUT2D eigenvalue weighted by atomic mass is 16.3. The topological polar surface area (TPSA) is 115 Å². The van der Waals surface area contributed by atoms with Gasteiger partial charge in [-0.25, -0.2) is 0 Å². The highest BCUT2D eigenvalue weighted by molar-refractivity contribution is 5.94. The molecule has 0 spiro atoms. The van der Waals surface area contributed by atoms with Crippen molar-refractivity contribution in [2.45, 2.75) is 65.1 Å². The van der Waals surface area contributed by atoms with E-state index in [0.717, 1.165) is 25.7 Å². The van der Waals surface area contributed by atoms with Gasteiger partial charge in [-0.05, 0) is 85.3 Å². The number of hydrogen-bond acceptors (Lipinski definition) is 5. The Morgan fingerprint density at radius 1 is 1.23 bits per heavy atom. The SMILES string of the molecule is C[C@@H]1[C@@H]2[C@@H](O)[C@H]([C@H](C)C(=O)NCc3ccco3)CC[C@]2(C)CC[C@@H]1NC(=O)c1ccc(C#N)cc1. The predicted octanol–water partition coefficient (Wildman–Crippen LogP) is 4.03. The lowest BCUT2D eigenvalue weighted by Crippen LogP contribution is -2.58. The van der Waals surface area contributed by atoms with E-state index in [0.29, 0.717) is 23.4 Å². The predicted molar refractivity (Wildman–Crippen MR) is 131 cm³/mol. The van der Waals surface area contributed by atoms with Crippen molar-refractivity contribution in [2.24, 2.45) is 29.1 Å². The maximum atomic E-state index is 12.9. The number of amides is 2. The molecule has 7 heteroatoms. The molecule has 0 aliphatic heterocycles. The van der Waals surface area contributed by atoms with E-state index in [1.165, 1.54) is 0 Å². The first kappa shape index (κ1) is 25.0. The fourth-order valence-corrected chi connectivity index (χ4v) is 6.39. The van der Waals surface area contributed by atoms with Gasteiger partial charge < -0.3 is 20.2 Å². The number of fused-ring (bicyclic) bond motifs is 1. The van der Waals surface area contributed by atoms with Gasteiger partial charge in [0.05, 0.1) is 30.5 Å². The Hall–Kier alpha value is -3.11. The molecular weight excluding hydrogens is 442 g/mol. The fourth-order valence-electron chi connectivity index (χ4n) is 6.39. The third-order valence-electron chi connectivity index (χ3n) is 8.55. The maximum absolute atomic E-state index is 12.9. The van der Waals surface area contributed by atoms with Crippen LogP contribution in [0.2, 0.25) is 0 Å². The van der Waals surface area contributed by atoms with Crippen LogP contribution in [0.5, 0.6) is 0 Å². The molecular formula is C28H35N3O4. The number of carbonyl (C=O) groups excluding carboxylic acids is 2. The Bertz CT molecular complexity index is 1070. The van der Waals surface area contributed by atoms with Crippen molar-refractivity contribution in [3.8, 4) is 6.07 Å². The lowest BCUT2D eigenvalue weighted by atomic mass is 9.51. The van der Waals surface area contributed by atoms with Crippen molar-refractivity contribution >= 4 is 11.8 Å². The first-order valence-electron chi connectivity index (χ1n) is 12.5. The first-order chi connectivity index (χ1) is 16.7. The van der Waals surface area contributed by atoms with Crippen molar-refractivity contribution in [3.63, 3.8) is 0 Å². The zero-order valence-electron chi connectivity index (χ0n) is 20.7. The van der Waals surface area contributed by atoms with E-state index in [1.54, 1.807) is 36.6 Å². The van der Waals surface area contributed by atoms with E-state index in [9.17, 15) is 14.7 Å². The molecule has 2 saturated carbocycles. The molecule has 1 aromatic heterocycles. The second kappa shape index (κ2) is 10.2. The second-order valence-electron chi connectivity index (χ2n) is 10.6. The van der Waals surface area contributed by atoms with Gasteiger partial charge >= 0.3 is 0 Å². The molecule has 2 aliphatic carbocycles. The molecule has 1 aromatic carbocycles. The van der Waals surface area contributed by atoms with Gasteiger partial charge in [-0.3, -0.25) is 9.59 Å². The molecule has 0 bridgehead atoms. The average molecular weight is 478 g/mol. The standard InChI is InChI=1S/C28H35N3O4/c1-17(26(33)30-16-21-5-4-14-35-21)22-10-12-28(3)13-11-23(18(2)24(28)25(22)32)31-27(34)20-8-6-19(15-29)7-9-20/h4-9,14,17-18,22-25,32H,10-13,16H2,1-3H3,(H,30,33)(H,31,34)/t17-,18-,22-,23-,24+,25-,28+/m0/s1. The fraction of sp³-hybridized carbons (Fsp3) is 0.536. The van der Waals surface area contributed by atoms with Crippen molar-refractivity contribution in [1.29, 1.82) is 5.26 Å². The van der Waals surface area contributed by atoms with Crippen molar-refractivity contribution in [1.82, 2.24) is 10.6 Å². The van der Waals surface area contributed by atoms with Crippen molar-refractivity contribution < 1.29 is 19.1 Å². The number of aliphatic hydroxyl groups excluding tert-OH is 1. The summed E-state index contributed by atoms with van der Waals surface area (Å²) in [6.45, 7) is 6.58. The zero-order valence-corrected chi connectivity index (χ0v) is 20.7. The molecule has 2 aromatic rings. The minimum atomic E-state index is -0.622. The second-order valence-corrected chi connectivity index (χ2v) is 10.6. The van der Waals surface area contributed by atoms with Gasteiger partial charge in [-0.1, -0.05) is 20.8 Å². The van der Waals surface area contributed by atoms with Crippen LogP contribution in [0.3, 0.4) is 0 Å². The van der Waals surface area contributed by atoms with Crippen LogP contribution in [0, 0.1) is 40.4 Å². The first-order valence-corrected chi connectivity index (χ1v) is 12.5. The van der Waals surface area contributed by atoms with Crippen LogP contribution in [0.15, 0.2) is 47.1 Å². The Kier molecular flexibility index (Phi) is 7.32. The lowest BCUT2D eigenvalue weighted by Gasteiger charge is -2.56. The van der Waals surface area contributed by atoms with Gasteiger partial charge in [0.2, 0.25) is 5.91 Å². The number of nitriles is 1. The smallest absolute Gasteiger partial charge is 0.251 e. The van der Waals surface area contributed by atoms with E-state index < -0.39 is 6.10 Å². The average Bonchev–Trinajstić information content (AvgIpc) is 3.38. The minimum Gasteiger partial charge on any atom is -0.467 e. The Morgan fingerprint density at radius 2 is 1.94 bits per heavy atom. The summed E-state index contributed by atoms with van der Waals surface area (Å²) in [5, 5.41) is 26.7. The summed E-state index contributed by atoms with van der Waals surface area (Å²) in [5.41, 5.74) is 1.02. The largest absolute Gasteiger partial charge is 0.467 e.